The monoisotopic (exact) mass is 415 g/mol. The van der Waals surface area contributed by atoms with Gasteiger partial charge < -0.3 is 5.32 Å². The van der Waals surface area contributed by atoms with E-state index < -0.39 is 10.0 Å². The molecule has 2 aromatic rings. The van der Waals surface area contributed by atoms with Gasteiger partial charge in [0, 0.05) is 32.7 Å². The van der Waals surface area contributed by atoms with Crippen LogP contribution in [0.2, 0.25) is 0 Å². The number of sulfonamides is 1. The van der Waals surface area contributed by atoms with E-state index in [4.69, 9.17) is 0 Å². The quantitative estimate of drug-likeness (QED) is 0.786. The van der Waals surface area contributed by atoms with Gasteiger partial charge in [-0.25, -0.2) is 8.42 Å². The van der Waals surface area contributed by atoms with E-state index in [1.807, 2.05) is 68.1 Å². The summed E-state index contributed by atoms with van der Waals surface area (Å²) in [7, 11) is -3.52. The Balaban J connectivity index is 1.58. The van der Waals surface area contributed by atoms with E-state index in [2.05, 4.69) is 5.32 Å². The van der Waals surface area contributed by atoms with Gasteiger partial charge in [-0.2, -0.15) is 4.31 Å². The van der Waals surface area contributed by atoms with Crippen LogP contribution < -0.4 is 5.32 Å². The minimum Gasteiger partial charge on any atom is -0.351 e. The molecule has 0 saturated carbocycles. The van der Waals surface area contributed by atoms with E-state index in [-0.39, 0.29) is 11.9 Å². The maximum absolute atomic E-state index is 13.1. The summed E-state index contributed by atoms with van der Waals surface area (Å²) >= 11 is 0. The molecule has 1 heterocycles. The molecule has 1 aliphatic heterocycles. The lowest BCUT2D eigenvalue weighted by atomic mass is 10.2. The average Bonchev–Trinajstić information content (AvgIpc) is 2.74. The molecule has 0 radical (unpaired) electrons. The number of aryl methyl sites for hydroxylation is 2. The molecular formula is C22H29N3O3S. The summed E-state index contributed by atoms with van der Waals surface area (Å²) in [5.74, 6) is -0.0420. The van der Waals surface area contributed by atoms with Gasteiger partial charge in [-0.3, -0.25) is 9.69 Å². The van der Waals surface area contributed by atoms with Crippen LogP contribution >= 0.6 is 0 Å². The van der Waals surface area contributed by atoms with Crippen molar-refractivity contribution < 1.29 is 13.2 Å². The Morgan fingerprint density at radius 3 is 2.34 bits per heavy atom. The number of benzene rings is 2. The highest BCUT2D eigenvalue weighted by molar-refractivity contribution is 7.89. The molecule has 0 bridgehead atoms. The number of carbonyl (C=O) groups is 1. The van der Waals surface area contributed by atoms with E-state index >= 15 is 0 Å². The molecule has 1 saturated heterocycles. The number of piperazine rings is 1. The molecule has 0 aromatic heterocycles. The minimum absolute atomic E-state index is 0.0420. The molecule has 3 rings (SSSR count). The number of hydrogen-bond acceptors (Lipinski definition) is 4. The average molecular weight is 416 g/mol. The van der Waals surface area contributed by atoms with Gasteiger partial charge in [0.25, 0.3) is 0 Å². The van der Waals surface area contributed by atoms with E-state index in [0.29, 0.717) is 37.6 Å². The lowest BCUT2D eigenvalue weighted by Crippen LogP contribution is -2.54. The van der Waals surface area contributed by atoms with Crippen molar-refractivity contribution in [2.24, 2.45) is 0 Å². The number of amides is 1. The molecule has 1 atom stereocenters. The molecule has 7 heteroatoms. The van der Waals surface area contributed by atoms with Crippen molar-refractivity contribution in [1.82, 2.24) is 14.5 Å². The first-order chi connectivity index (χ1) is 13.8. The van der Waals surface area contributed by atoms with Gasteiger partial charge in [0.15, 0.2) is 0 Å². The summed E-state index contributed by atoms with van der Waals surface area (Å²) < 4.78 is 27.6. The number of rotatable bonds is 6. The highest BCUT2D eigenvalue weighted by atomic mass is 32.2. The summed E-state index contributed by atoms with van der Waals surface area (Å²) in [5.41, 5.74) is 2.74. The van der Waals surface area contributed by atoms with E-state index in [1.54, 1.807) is 6.07 Å². The molecule has 0 spiro atoms. The second kappa shape index (κ2) is 9.07. The maximum Gasteiger partial charge on any atom is 0.243 e. The summed E-state index contributed by atoms with van der Waals surface area (Å²) in [5, 5.41) is 2.96. The Bertz CT molecular complexity index is 953. The summed E-state index contributed by atoms with van der Waals surface area (Å²) in [6, 6.07) is 15.0. The predicted molar refractivity (Wildman–Crippen MR) is 114 cm³/mol. The van der Waals surface area contributed by atoms with Gasteiger partial charge >= 0.3 is 0 Å². The number of carbonyl (C=O) groups excluding carboxylic acids is 1. The Morgan fingerprint density at radius 1 is 1.03 bits per heavy atom. The predicted octanol–water partition coefficient (Wildman–Crippen LogP) is 2.31. The zero-order valence-corrected chi connectivity index (χ0v) is 18.1. The van der Waals surface area contributed by atoms with Crippen molar-refractivity contribution in [3.05, 3.63) is 65.2 Å². The fraction of sp³-hybridized carbons (Fsp3) is 0.409. The molecule has 0 unspecified atom stereocenters. The third-order valence-corrected chi connectivity index (χ3v) is 7.51. The third kappa shape index (κ3) is 5.04. The van der Waals surface area contributed by atoms with Gasteiger partial charge in [-0.15, -0.1) is 0 Å². The van der Waals surface area contributed by atoms with Crippen molar-refractivity contribution >= 4 is 15.9 Å². The molecular weight excluding hydrogens is 386 g/mol. The van der Waals surface area contributed by atoms with Crippen molar-refractivity contribution in [1.29, 1.82) is 0 Å². The highest BCUT2D eigenvalue weighted by Gasteiger charge is 2.32. The normalized spacial score (nSPS) is 17.1. The molecule has 2 aromatic carbocycles. The van der Waals surface area contributed by atoms with Crippen LogP contribution in [0.3, 0.4) is 0 Å². The third-order valence-electron chi connectivity index (χ3n) is 5.47. The van der Waals surface area contributed by atoms with Crippen molar-refractivity contribution in [3.63, 3.8) is 0 Å². The zero-order chi connectivity index (χ0) is 21.0. The van der Waals surface area contributed by atoms with Gasteiger partial charge in [-0.1, -0.05) is 42.5 Å². The second-order valence-electron chi connectivity index (χ2n) is 7.59. The van der Waals surface area contributed by atoms with Crippen LogP contribution in [0.5, 0.6) is 0 Å². The second-order valence-corrected chi connectivity index (χ2v) is 9.49. The standard InChI is InChI=1S/C22H29N3O3S/c1-17-9-10-18(2)21(15-17)29(27,28)25-13-11-24(12-14-25)19(3)22(26)23-16-20-7-5-4-6-8-20/h4-10,15,19H,11-14,16H2,1-3H3,(H,23,26)/t19-/m1/s1. The molecule has 0 aliphatic carbocycles. The van der Waals surface area contributed by atoms with Crippen LogP contribution in [0.1, 0.15) is 23.6 Å². The first kappa shape index (κ1) is 21.5. The first-order valence-corrected chi connectivity index (χ1v) is 11.4. The molecule has 1 fully saturated rings. The highest BCUT2D eigenvalue weighted by Crippen LogP contribution is 2.22. The van der Waals surface area contributed by atoms with Gasteiger partial charge in [0.1, 0.15) is 0 Å². The summed E-state index contributed by atoms with van der Waals surface area (Å²) in [6.45, 7) is 7.90. The number of nitrogens with zero attached hydrogens (tertiary/aromatic N) is 2. The van der Waals surface area contributed by atoms with E-state index in [0.717, 1.165) is 16.7 Å². The lowest BCUT2D eigenvalue weighted by Gasteiger charge is -2.37. The van der Waals surface area contributed by atoms with Gasteiger partial charge in [0.05, 0.1) is 10.9 Å². The van der Waals surface area contributed by atoms with Crippen LogP contribution in [0.25, 0.3) is 0 Å². The van der Waals surface area contributed by atoms with Gasteiger partial charge in [-0.05, 0) is 43.5 Å². The Kier molecular flexibility index (Phi) is 6.72. The molecule has 29 heavy (non-hydrogen) atoms. The largest absolute Gasteiger partial charge is 0.351 e. The SMILES string of the molecule is Cc1ccc(C)c(S(=O)(=O)N2CCN([C@H](C)C(=O)NCc3ccccc3)CC2)c1. The first-order valence-electron chi connectivity index (χ1n) is 9.92. The van der Waals surface area contributed by atoms with Crippen molar-refractivity contribution in [3.8, 4) is 0 Å². The van der Waals surface area contributed by atoms with Crippen LogP contribution in [-0.2, 0) is 21.4 Å². The maximum atomic E-state index is 13.1. The lowest BCUT2D eigenvalue weighted by molar-refractivity contribution is -0.126. The topological polar surface area (TPSA) is 69.7 Å². The summed E-state index contributed by atoms with van der Waals surface area (Å²) in [4.78, 5) is 14.9. The Hall–Kier alpha value is -2.22. The Morgan fingerprint density at radius 2 is 1.69 bits per heavy atom. The van der Waals surface area contributed by atoms with Crippen LogP contribution in [0.15, 0.2) is 53.4 Å². The van der Waals surface area contributed by atoms with E-state index in [1.165, 1.54) is 4.31 Å². The fourth-order valence-electron chi connectivity index (χ4n) is 3.55. The zero-order valence-electron chi connectivity index (χ0n) is 17.3. The van der Waals surface area contributed by atoms with Crippen molar-refractivity contribution in [2.45, 2.75) is 38.3 Å². The van der Waals surface area contributed by atoms with Gasteiger partial charge in [0.2, 0.25) is 15.9 Å². The van der Waals surface area contributed by atoms with Crippen LogP contribution in [0, 0.1) is 13.8 Å². The minimum atomic E-state index is -3.52. The molecule has 1 aliphatic rings. The molecule has 156 valence electrons. The number of nitrogens with one attached hydrogen (secondary N) is 1. The van der Waals surface area contributed by atoms with Crippen molar-refractivity contribution in [2.75, 3.05) is 26.2 Å². The smallest absolute Gasteiger partial charge is 0.243 e. The van der Waals surface area contributed by atoms with Crippen LogP contribution in [0.4, 0.5) is 0 Å². The Labute approximate surface area is 173 Å². The van der Waals surface area contributed by atoms with Crippen LogP contribution in [-0.4, -0.2) is 55.8 Å². The molecule has 1 amide bonds. The number of hydrogen-bond donors (Lipinski definition) is 1. The summed E-state index contributed by atoms with van der Waals surface area (Å²) in [6.07, 6.45) is 0. The molecule has 6 nitrogen and oxygen atoms in total. The fourth-order valence-corrected chi connectivity index (χ4v) is 5.29. The molecule has 1 N–H and O–H groups in total. The van der Waals surface area contributed by atoms with E-state index in [9.17, 15) is 13.2 Å².